The molecule has 0 radical (unpaired) electrons. The number of halogens is 1. The quantitative estimate of drug-likeness (QED) is 0.399. The fourth-order valence-electron chi connectivity index (χ4n) is 0.955. The van der Waals surface area contributed by atoms with Crippen molar-refractivity contribution < 1.29 is 0 Å². The summed E-state index contributed by atoms with van der Waals surface area (Å²) < 4.78 is 1.12. The zero-order chi connectivity index (χ0) is 7.40. The van der Waals surface area contributed by atoms with Gasteiger partial charge in [0.2, 0.25) is 0 Å². The minimum Gasteiger partial charge on any atom is -0.102 e. The minimum atomic E-state index is 0.576. The van der Waals surface area contributed by atoms with E-state index < -0.39 is 0 Å². The molecule has 1 aliphatic rings. The molecule has 0 N–H and O–H groups in total. The first-order valence-electron chi connectivity index (χ1n) is 3.42. The van der Waals surface area contributed by atoms with E-state index in [1.807, 2.05) is 6.08 Å². The maximum atomic E-state index is 3.75. The molecular formula is C9H11I. The molecule has 1 aliphatic carbocycles. The molecule has 0 spiro atoms. The van der Waals surface area contributed by atoms with Crippen molar-refractivity contribution in [1.29, 1.82) is 0 Å². The molecule has 1 rings (SSSR count). The second-order valence-electron chi connectivity index (χ2n) is 2.41. The molecule has 1 heteroatoms. The lowest BCUT2D eigenvalue weighted by Crippen LogP contribution is -1.95. The van der Waals surface area contributed by atoms with Crippen molar-refractivity contribution in [1.82, 2.24) is 0 Å². The average Bonchev–Trinajstić information content (AvgIpc) is 2.05. The predicted octanol–water partition coefficient (Wildman–Crippen LogP) is 3.11. The zero-order valence-electron chi connectivity index (χ0n) is 5.89. The maximum Gasteiger partial charge on any atom is 0.0243 e. The van der Waals surface area contributed by atoms with E-state index in [0.717, 1.165) is 10.8 Å². The van der Waals surface area contributed by atoms with E-state index in [1.54, 1.807) is 0 Å². The zero-order valence-corrected chi connectivity index (χ0v) is 8.04. The summed E-state index contributed by atoms with van der Waals surface area (Å²) in [4.78, 5) is 0. The molecule has 1 atom stereocenters. The van der Waals surface area contributed by atoms with E-state index in [-0.39, 0.29) is 0 Å². The van der Waals surface area contributed by atoms with E-state index in [4.69, 9.17) is 0 Å². The molecule has 0 saturated carbocycles. The van der Waals surface area contributed by atoms with Crippen molar-refractivity contribution in [3.05, 3.63) is 36.5 Å². The second kappa shape index (κ2) is 3.96. The molecule has 54 valence electrons. The van der Waals surface area contributed by atoms with Crippen LogP contribution in [-0.2, 0) is 0 Å². The molecule has 0 aromatic rings. The summed E-state index contributed by atoms with van der Waals surface area (Å²) in [5, 5.41) is 0. The molecule has 1 unspecified atom stereocenters. The Kier molecular flexibility index (Phi) is 3.19. The molecule has 0 saturated heterocycles. The largest absolute Gasteiger partial charge is 0.102 e. The van der Waals surface area contributed by atoms with Crippen LogP contribution in [0.25, 0.3) is 0 Å². The van der Waals surface area contributed by atoms with Gasteiger partial charge >= 0.3 is 0 Å². The van der Waals surface area contributed by atoms with E-state index in [0.29, 0.717) is 5.92 Å². The summed E-state index contributed by atoms with van der Waals surface area (Å²) in [7, 11) is 0. The SMILES string of the molecule is C=CC1C=CC(CI)=CC1. The normalized spacial score (nSPS) is 24.1. The van der Waals surface area contributed by atoms with E-state index >= 15 is 0 Å². The summed E-state index contributed by atoms with van der Waals surface area (Å²) in [5.74, 6) is 0.576. The van der Waals surface area contributed by atoms with Crippen LogP contribution < -0.4 is 0 Å². The molecule has 0 nitrogen and oxygen atoms in total. The fraction of sp³-hybridized carbons (Fsp3) is 0.333. The van der Waals surface area contributed by atoms with Crippen molar-refractivity contribution in [3.63, 3.8) is 0 Å². The second-order valence-corrected chi connectivity index (χ2v) is 3.17. The molecular weight excluding hydrogens is 235 g/mol. The summed E-state index contributed by atoms with van der Waals surface area (Å²) in [6, 6.07) is 0. The van der Waals surface area contributed by atoms with Gasteiger partial charge in [0.25, 0.3) is 0 Å². The van der Waals surface area contributed by atoms with Gasteiger partial charge in [-0.25, -0.2) is 0 Å². The molecule has 0 aliphatic heterocycles. The Morgan fingerprint density at radius 3 is 3.00 bits per heavy atom. The smallest absolute Gasteiger partial charge is 0.0243 e. The highest BCUT2D eigenvalue weighted by Crippen LogP contribution is 2.17. The van der Waals surface area contributed by atoms with Gasteiger partial charge in [0.1, 0.15) is 0 Å². The van der Waals surface area contributed by atoms with Crippen LogP contribution >= 0.6 is 22.6 Å². The fourth-order valence-corrected chi connectivity index (χ4v) is 1.52. The van der Waals surface area contributed by atoms with Crippen molar-refractivity contribution in [3.8, 4) is 0 Å². The van der Waals surface area contributed by atoms with Crippen molar-refractivity contribution in [2.75, 3.05) is 4.43 Å². The highest BCUT2D eigenvalue weighted by molar-refractivity contribution is 14.1. The standard InChI is InChI=1S/C9H11I/c1-2-8-3-5-9(7-10)6-4-8/h2-3,5-6,8H,1,4,7H2. The molecule has 10 heavy (non-hydrogen) atoms. The predicted molar refractivity (Wildman–Crippen MR) is 54.4 cm³/mol. The molecule has 0 heterocycles. The maximum absolute atomic E-state index is 3.75. The number of rotatable bonds is 2. The molecule has 0 bridgehead atoms. The van der Waals surface area contributed by atoms with Gasteiger partial charge in [-0.15, -0.1) is 6.58 Å². The van der Waals surface area contributed by atoms with Crippen LogP contribution in [-0.4, -0.2) is 4.43 Å². The number of allylic oxidation sites excluding steroid dienone is 5. The third-order valence-corrected chi connectivity index (χ3v) is 2.55. The van der Waals surface area contributed by atoms with Gasteiger partial charge in [-0.3, -0.25) is 0 Å². The third-order valence-electron chi connectivity index (χ3n) is 1.67. The van der Waals surface area contributed by atoms with Gasteiger partial charge in [-0.05, 0) is 17.9 Å². The Hall–Kier alpha value is -0.0500. The number of hydrogen-bond donors (Lipinski definition) is 0. The lowest BCUT2D eigenvalue weighted by molar-refractivity contribution is 0.817. The van der Waals surface area contributed by atoms with Crippen LogP contribution in [0.2, 0.25) is 0 Å². The topological polar surface area (TPSA) is 0 Å². The van der Waals surface area contributed by atoms with Crippen LogP contribution in [0.1, 0.15) is 6.42 Å². The molecule has 0 aromatic carbocycles. The summed E-state index contributed by atoms with van der Waals surface area (Å²) in [5.41, 5.74) is 1.44. The number of alkyl halides is 1. The van der Waals surface area contributed by atoms with Gasteiger partial charge in [0.05, 0.1) is 0 Å². The average molecular weight is 246 g/mol. The molecule has 0 amide bonds. The third kappa shape index (κ3) is 1.97. The first kappa shape index (κ1) is 8.05. The highest BCUT2D eigenvalue weighted by Gasteiger charge is 2.02. The Bertz CT molecular complexity index is 177. The Morgan fingerprint density at radius 1 is 1.80 bits per heavy atom. The first-order valence-corrected chi connectivity index (χ1v) is 4.95. The Balaban J connectivity index is 2.54. The highest BCUT2D eigenvalue weighted by atomic mass is 127. The van der Waals surface area contributed by atoms with E-state index in [2.05, 4.69) is 47.4 Å². The van der Waals surface area contributed by atoms with Crippen molar-refractivity contribution >= 4 is 22.6 Å². The van der Waals surface area contributed by atoms with Crippen LogP contribution in [0, 0.1) is 5.92 Å². The van der Waals surface area contributed by atoms with E-state index in [9.17, 15) is 0 Å². The molecule has 0 fully saturated rings. The Labute approximate surface area is 75.8 Å². The van der Waals surface area contributed by atoms with Crippen molar-refractivity contribution in [2.24, 2.45) is 5.92 Å². The lowest BCUT2D eigenvalue weighted by atomic mass is 9.98. The monoisotopic (exact) mass is 246 g/mol. The van der Waals surface area contributed by atoms with Gasteiger partial charge in [0, 0.05) is 4.43 Å². The Morgan fingerprint density at radius 2 is 2.60 bits per heavy atom. The first-order chi connectivity index (χ1) is 4.86. The van der Waals surface area contributed by atoms with Gasteiger partial charge < -0.3 is 0 Å². The van der Waals surface area contributed by atoms with Crippen LogP contribution in [0.15, 0.2) is 36.5 Å². The van der Waals surface area contributed by atoms with E-state index in [1.165, 1.54) is 5.57 Å². The lowest BCUT2D eigenvalue weighted by Gasteiger charge is -2.09. The van der Waals surface area contributed by atoms with Gasteiger partial charge in [0.15, 0.2) is 0 Å². The number of hydrogen-bond acceptors (Lipinski definition) is 0. The van der Waals surface area contributed by atoms with Crippen LogP contribution in [0.3, 0.4) is 0 Å². The minimum absolute atomic E-state index is 0.576. The van der Waals surface area contributed by atoms with Crippen LogP contribution in [0.5, 0.6) is 0 Å². The summed E-state index contributed by atoms with van der Waals surface area (Å²) in [6.07, 6.45) is 9.84. The van der Waals surface area contributed by atoms with Gasteiger partial charge in [-0.2, -0.15) is 0 Å². The van der Waals surface area contributed by atoms with Gasteiger partial charge in [-0.1, -0.05) is 46.9 Å². The van der Waals surface area contributed by atoms with Crippen molar-refractivity contribution in [2.45, 2.75) is 6.42 Å². The summed E-state index contributed by atoms with van der Waals surface area (Å²) >= 11 is 2.38. The summed E-state index contributed by atoms with van der Waals surface area (Å²) in [6.45, 7) is 3.75. The molecule has 0 aromatic heterocycles. The van der Waals surface area contributed by atoms with Crippen LogP contribution in [0.4, 0.5) is 0 Å².